The molecule has 21 heavy (non-hydrogen) atoms. The summed E-state index contributed by atoms with van der Waals surface area (Å²) in [6.07, 6.45) is 7.52. The maximum Gasteiger partial charge on any atom is 0.184 e. The molecule has 114 valence electrons. The van der Waals surface area contributed by atoms with Gasteiger partial charge < -0.3 is 9.80 Å². The Bertz CT molecular complexity index is 462. The van der Waals surface area contributed by atoms with Gasteiger partial charge in [-0.2, -0.15) is 0 Å². The van der Waals surface area contributed by atoms with Gasteiger partial charge in [-0.25, -0.2) is 0 Å². The number of nitrogens with zero attached hydrogens (tertiary/aromatic N) is 6. The summed E-state index contributed by atoms with van der Waals surface area (Å²) in [5.74, 6) is 0. The van der Waals surface area contributed by atoms with Crippen molar-refractivity contribution in [3.8, 4) is 0 Å². The van der Waals surface area contributed by atoms with E-state index in [-0.39, 0.29) is 0 Å². The average Bonchev–Trinajstić information content (AvgIpc) is 3.13. The van der Waals surface area contributed by atoms with Gasteiger partial charge in [-0.1, -0.05) is 5.11 Å². The first kappa shape index (κ1) is 13.3. The highest BCUT2D eigenvalue weighted by Crippen LogP contribution is 2.55. The second-order valence-electron chi connectivity index (χ2n) is 6.64. The number of likely N-dealkylation sites (tertiary alicyclic amines) is 3. The lowest BCUT2D eigenvalue weighted by molar-refractivity contribution is 0.195. The van der Waals surface area contributed by atoms with E-state index in [4.69, 9.17) is 0 Å². The minimum absolute atomic E-state index is 0.431. The molecule has 0 saturated carbocycles. The van der Waals surface area contributed by atoms with Crippen molar-refractivity contribution in [2.75, 3.05) is 39.3 Å². The van der Waals surface area contributed by atoms with Crippen molar-refractivity contribution in [2.45, 2.75) is 44.2 Å². The second kappa shape index (κ2) is 5.11. The van der Waals surface area contributed by atoms with Gasteiger partial charge in [0, 0.05) is 31.1 Å². The van der Waals surface area contributed by atoms with E-state index >= 15 is 0 Å². The maximum absolute atomic E-state index is 9.19. The molecular weight excluding hydrogens is 264 g/mol. The predicted octanol–water partition coefficient (Wildman–Crippen LogP) is 2.51. The van der Waals surface area contributed by atoms with Crippen LogP contribution in [0.2, 0.25) is 0 Å². The van der Waals surface area contributed by atoms with E-state index < -0.39 is 5.66 Å². The Kier molecular flexibility index (Phi) is 3.23. The van der Waals surface area contributed by atoms with Crippen molar-refractivity contribution in [1.29, 1.82) is 0 Å². The Morgan fingerprint density at radius 1 is 0.762 bits per heavy atom. The summed E-state index contributed by atoms with van der Waals surface area (Å²) < 4.78 is 0. The third-order valence-corrected chi connectivity index (χ3v) is 5.42. The Morgan fingerprint density at radius 3 is 1.62 bits per heavy atom. The molecule has 0 amide bonds. The zero-order valence-corrected chi connectivity index (χ0v) is 12.7. The van der Waals surface area contributed by atoms with E-state index in [0.717, 1.165) is 39.3 Å². The molecule has 0 spiro atoms. The summed E-state index contributed by atoms with van der Waals surface area (Å²) in [6.45, 7) is 6.64. The molecule has 0 unspecified atom stereocenters. The van der Waals surface area contributed by atoms with Gasteiger partial charge in [-0.3, -0.25) is 4.90 Å². The highest BCUT2D eigenvalue weighted by atomic mass is 15.5. The Morgan fingerprint density at radius 2 is 1.19 bits per heavy atom. The highest BCUT2D eigenvalue weighted by molar-refractivity contribution is 5.54. The number of azide groups is 1. The third-order valence-electron chi connectivity index (χ3n) is 5.42. The zero-order valence-electron chi connectivity index (χ0n) is 12.7. The standard InChI is InChI=1S/C15H24N6/c16-18-17-15(21-11-5-6-12-21)13(19-7-1-2-8-19)14(15)20-9-3-4-10-20/h1-12H2. The van der Waals surface area contributed by atoms with Crippen LogP contribution in [0.3, 0.4) is 0 Å². The van der Waals surface area contributed by atoms with Gasteiger partial charge in [-0.15, -0.1) is 0 Å². The van der Waals surface area contributed by atoms with E-state index in [0.29, 0.717) is 0 Å². The summed E-state index contributed by atoms with van der Waals surface area (Å²) in [7, 11) is 0. The predicted molar refractivity (Wildman–Crippen MR) is 81.3 cm³/mol. The molecule has 0 aromatic rings. The van der Waals surface area contributed by atoms with Crippen LogP contribution in [-0.2, 0) is 0 Å². The molecule has 4 aliphatic rings. The molecule has 0 N–H and O–H groups in total. The molecule has 0 atom stereocenters. The molecule has 3 fully saturated rings. The van der Waals surface area contributed by atoms with Gasteiger partial charge in [0.25, 0.3) is 0 Å². The summed E-state index contributed by atoms with van der Waals surface area (Å²) in [4.78, 5) is 10.6. The minimum atomic E-state index is -0.431. The van der Waals surface area contributed by atoms with E-state index in [1.54, 1.807) is 0 Å². The second-order valence-corrected chi connectivity index (χ2v) is 6.64. The van der Waals surface area contributed by atoms with E-state index in [1.807, 2.05) is 0 Å². The molecular formula is C15H24N6. The Hall–Kier alpha value is -1.39. The molecule has 0 bridgehead atoms. The van der Waals surface area contributed by atoms with Crippen LogP contribution in [0.15, 0.2) is 16.5 Å². The lowest BCUT2D eigenvalue weighted by atomic mass is 10.3. The van der Waals surface area contributed by atoms with E-state index in [9.17, 15) is 5.53 Å². The van der Waals surface area contributed by atoms with Crippen LogP contribution < -0.4 is 0 Å². The fourth-order valence-electron chi connectivity index (χ4n) is 4.42. The van der Waals surface area contributed by atoms with Crippen molar-refractivity contribution in [1.82, 2.24) is 14.7 Å². The minimum Gasteiger partial charge on any atom is -0.371 e. The number of hydrogen-bond acceptors (Lipinski definition) is 4. The first-order valence-corrected chi connectivity index (χ1v) is 8.44. The third kappa shape index (κ3) is 1.93. The molecule has 3 saturated heterocycles. The van der Waals surface area contributed by atoms with Crippen LogP contribution in [0, 0.1) is 0 Å². The van der Waals surface area contributed by atoms with E-state index in [2.05, 4.69) is 24.7 Å². The fourth-order valence-corrected chi connectivity index (χ4v) is 4.42. The van der Waals surface area contributed by atoms with Crippen LogP contribution in [0.25, 0.3) is 10.4 Å². The van der Waals surface area contributed by atoms with Crippen molar-refractivity contribution < 1.29 is 0 Å². The molecule has 0 radical (unpaired) electrons. The Balaban J connectivity index is 1.69. The van der Waals surface area contributed by atoms with Crippen LogP contribution in [0.5, 0.6) is 0 Å². The van der Waals surface area contributed by atoms with Gasteiger partial charge in [-0.05, 0) is 57.1 Å². The van der Waals surface area contributed by atoms with Gasteiger partial charge in [0.15, 0.2) is 5.66 Å². The van der Waals surface area contributed by atoms with Crippen LogP contribution in [-0.4, -0.2) is 59.6 Å². The lowest BCUT2D eigenvalue weighted by Crippen LogP contribution is -2.42. The molecule has 0 aromatic heterocycles. The van der Waals surface area contributed by atoms with Crippen molar-refractivity contribution in [3.63, 3.8) is 0 Å². The fraction of sp³-hybridized carbons (Fsp3) is 0.867. The number of rotatable bonds is 4. The molecule has 1 aliphatic carbocycles. The summed E-state index contributed by atoms with van der Waals surface area (Å²) in [5, 5.41) is 4.35. The molecule has 4 rings (SSSR count). The quantitative estimate of drug-likeness (QED) is 0.454. The summed E-state index contributed by atoms with van der Waals surface area (Å²) in [5.41, 5.74) is 11.4. The SMILES string of the molecule is [N-]=[N+]=NC1(N2CCCC2)C(N2CCCC2)=C1N1CCCC1. The first-order chi connectivity index (χ1) is 10.4. The smallest absolute Gasteiger partial charge is 0.184 e. The first-order valence-electron chi connectivity index (χ1n) is 8.44. The average molecular weight is 288 g/mol. The monoisotopic (exact) mass is 288 g/mol. The van der Waals surface area contributed by atoms with Gasteiger partial charge >= 0.3 is 0 Å². The van der Waals surface area contributed by atoms with Gasteiger partial charge in [0.2, 0.25) is 0 Å². The van der Waals surface area contributed by atoms with Crippen molar-refractivity contribution in [2.24, 2.45) is 5.11 Å². The van der Waals surface area contributed by atoms with Gasteiger partial charge in [0.1, 0.15) is 0 Å². The lowest BCUT2D eigenvalue weighted by Gasteiger charge is -2.30. The number of hydrogen-bond donors (Lipinski definition) is 0. The molecule has 3 aliphatic heterocycles. The molecule has 6 heteroatoms. The zero-order chi connectivity index (χ0) is 14.3. The molecule has 0 aromatic carbocycles. The normalized spacial score (nSPS) is 28.4. The van der Waals surface area contributed by atoms with Crippen LogP contribution in [0.1, 0.15) is 38.5 Å². The van der Waals surface area contributed by atoms with Crippen molar-refractivity contribution >= 4 is 0 Å². The topological polar surface area (TPSA) is 58.5 Å². The maximum atomic E-state index is 9.19. The largest absolute Gasteiger partial charge is 0.371 e. The molecule has 6 nitrogen and oxygen atoms in total. The van der Waals surface area contributed by atoms with E-state index in [1.165, 1.54) is 49.9 Å². The van der Waals surface area contributed by atoms with Crippen molar-refractivity contribution in [3.05, 3.63) is 21.8 Å². The van der Waals surface area contributed by atoms with Gasteiger partial charge in [0.05, 0.1) is 11.4 Å². The molecule has 3 heterocycles. The Labute approximate surface area is 126 Å². The van der Waals surface area contributed by atoms with Crippen LogP contribution >= 0.6 is 0 Å². The highest BCUT2D eigenvalue weighted by Gasteiger charge is 2.62. The van der Waals surface area contributed by atoms with Crippen LogP contribution in [0.4, 0.5) is 0 Å². The summed E-state index contributed by atoms with van der Waals surface area (Å²) >= 11 is 0. The summed E-state index contributed by atoms with van der Waals surface area (Å²) in [6, 6.07) is 0.